The van der Waals surface area contributed by atoms with Gasteiger partial charge in [-0.3, -0.25) is 0 Å². The summed E-state index contributed by atoms with van der Waals surface area (Å²) in [5.74, 6) is 6.48. The molecule has 1 aromatic heterocycles. The molecule has 0 aliphatic rings. The molecule has 20 heavy (non-hydrogen) atoms. The lowest BCUT2D eigenvalue weighted by molar-refractivity contribution is -0.0498. The van der Waals surface area contributed by atoms with Crippen molar-refractivity contribution >= 4 is 17.3 Å². The Morgan fingerprint density at radius 3 is 2.40 bits per heavy atom. The van der Waals surface area contributed by atoms with Gasteiger partial charge in [-0.2, -0.15) is 8.78 Å². The number of halogens is 2. The van der Waals surface area contributed by atoms with Crippen molar-refractivity contribution in [3.63, 3.8) is 0 Å². The van der Waals surface area contributed by atoms with Crippen LogP contribution in [0.1, 0.15) is 5.56 Å². The summed E-state index contributed by atoms with van der Waals surface area (Å²) in [6.07, 6.45) is 1.36. The summed E-state index contributed by atoms with van der Waals surface area (Å²) in [5, 5.41) is 3.04. The van der Waals surface area contributed by atoms with Gasteiger partial charge in [-0.15, -0.1) is 0 Å². The first-order chi connectivity index (χ1) is 9.60. The lowest BCUT2D eigenvalue weighted by Crippen LogP contribution is -2.11. The van der Waals surface area contributed by atoms with E-state index in [1.165, 1.54) is 18.5 Å². The zero-order valence-corrected chi connectivity index (χ0v) is 10.6. The van der Waals surface area contributed by atoms with Crippen LogP contribution in [0, 0.1) is 6.92 Å². The molecule has 1 aromatic carbocycles. The van der Waals surface area contributed by atoms with Crippen molar-refractivity contribution in [2.75, 3.05) is 10.7 Å². The average molecular weight is 281 g/mol. The third kappa shape index (κ3) is 3.29. The van der Waals surface area contributed by atoms with Crippen molar-refractivity contribution in [3.8, 4) is 5.75 Å². The zero-order valence-electron chi connectivity index (χ0n) is 10.6. The largest absolute Gasteiger partial charge is 0.435 e. The number of benzene rings is 1. The van der Waals surface area contributed by atoms with Crippen LogP contribution in [-0.4, -0.2) is 16.6 Å². The molecule has 0 bridgehead atoms. The van der Waals surface area contributed by atoms with E-state index in [0.29, 0.717) is 17.3 Å². The van der Waals surface area contributed by atoms with Crippen LogP contribution in [0.25, 0.3) is 0 Å². The Hall–Kier alpha value is -2.48. The maximum atomic E-state index is 12.0. The van der Waals surface area contributed by atoms with Gasteiger partial charge in [-0.05, 0) is 31.2 Å². The highest BCUT2D eigenvalue weighted by molar-refractivity contribution is 5.64. The number of hydrogen-bond acceptors (Lipinski definition) is 6. The minimum Gasteiger partial charge on any atom is -0.435 e. The lowest BCUT2D eigenvalue weighted by Gasteiger charge is -2.11. The number of nitrogens with one attached hydrogen (secondary N) is 2. The number of hydrogen-bond donors (Lipinski definition) is 3. The maximum Gasteiger partial charge on any atom is 0.387 e. The number of nitrogens with zero attached hydrogens (tertiary/aromatic N) is 2. The molecular weight excluding hydrogens is 268 g/mol. The van der Waals surface area contributed by atoms with Gasteiger partial charge in [0, 0.05) is 11.3 Å². The summed E-state index contributed by atoms with van der Waals surface area (Å²) < 4.78 is 28.3. The molecule has 0 saturated carbocycles. The molecular formula is C12H13F2N5O. The standard InChI is InChI=1S/C12H13F2N5O/c1-7-10(16-6-17-11(7)19-15)18-8-2-4-9(5-3-8)20-12(13)14/h2-6,12H,15H2,1H3,(H2,16,17,18,19). The fourth-order valence-electron chi connectivity index (χ4n) is 1.58. The molecule has 0 unspecified atom stereocenters. The molecule has 0 aliphatic carbocycles. The summed E-state index contributed by atoms with van der Waals surface area (Å²) in [7, 11) is 0. The molecule has 0 atom stereocenters. The molecule has 2 rings (SSSR count). The van der Waals surface area contributed by atoms with Gasteiger partial charge in [-0.1, -0.05) is 0 Å². The Morgan fingerprint density at radius 2 is 1.80 bits per heavy atom. The number of rotatable bonds is 5. The van der Waals surface area contributed by atoms with E-state index in [1.807, 2.05) is 0 Å². The minimum atomic E-state index is -2.84. The molecule has 0 saturated heterocycles. The van der Waals surface area contributed by atoms with Crippen molar-refractivity contribution in [2.45, 2.75) is 13.5 Å². The van der Waals surface area contributed by atoms with Crippen LogP contribution in [0.3, 0.4) is 0 Å². The van der Waals surface area contributed by atoms with E-state index in [-0.39, 0.29) is 5.75 Å². The van der Waals surface area contributed by atoms with Gasteiger partial charge in [0.25, 0.3) is 0 Å². The molecule has 2 aromatic rings. The second kappa shape index (κ2) is 6.11. The molecule has 0 radical (unpaired) electrons. The highest BCUT2D eigenvalue weighted by Crippen LogP contribution is 2.23. The Kier molecular flexibility index (Phi) is 4.26. The van der Waals surface area contributed by atoms with Crippen molar-refractivity contribution < 1.29 is 13.5 Å². The average Bonchev–Trinajstić information content (AvgIpc) is 2.43. The second-order valence-corrected chi connectivity index (χ2v) is 3.87. The van der Waals surface area contributed by atoms with E-state index in [9.17, 15) is 8.78 Å². The van der Waals surface area contributed by atoms with Crippen LogP contribution >= 0.6 is 0 Å². The van der Waals surface area contributed by atoms with Crippen LogP contribution in [0.15, 0.2) is 30.6 Å². The van der Waals surface area contributed by atoms with E-state index in [4.69, 9.17) is 5.84 Å². The monoisotopic (exact) mass is 281 g/mol. The number of hydrazine groups is 1. The number of ether oxygens (including phenoxy) is 1. The fraction of sp³-hybridized carbons (Fsp3) is 0.167. The SMILES string of the molecule is Cc1c(NN)ncnc1Nc1ccc(OC(F)F)cc1. The first-order valence-electron chi connectivity index (χ1n) is 5.70. The van der Waals surface area contributed by atoms with E-state index < -0.39 is 6.61 Å². The van der Waals surface area contributed by atoms with Gasteiger partial charge >= 0.3 is 6.61 Å². The van der Waals surface area contributed by atoms with E-state index in [1.54, 1.807) is 19.1 Å². The molecule has 0 spiro atoms. The van der Waals surface area contributed by atoms with Gasteiger partial charge in [0.15, 0.2) is 0 Å². The molecule has 1 heterocycles. The van der Waals surface area contributed by atoms with Crippen LogP contribution in [0.5, 0.6) is 5.75 Å². The third-order valence-corrected chi connectivity index (χ3v) is 2.56. The van der Waals surface area contributed by atoms with Crippen LogP contribution in [0.2, 0.25) is 0 Å². The number of anilines is 3. The predicted octanol–water partition coefficient (Wildman–Crippen LogP) is 2.42. The zero-order chi connectivity index (χ0) is 14.5. The molecule has 6 nitrogen and oxygen atoms in total. The maximum absolute atomic E-state index is 12.0. The van der Waals surface area contributed by atoms with Crippen LogP contribution in [0.4, 0.5) is 26.1 Å². The van der Waals surface area contributed by atoms with Gasteiger partial charge in [0.2, 0.25) is 0 Å². The third-order valence-electron chi connectivity index (χ3n) is 2.56. The van der Waals surface area contributed by atoms with E-state index in [2.05, 4.69) is 25.4 Å². The van der Waals surface area contributed by atoms with Gasteiger partial charge in [0.1, 0.15) is 23.7 Å². The molecule has 0 aliphatic heterocycles. The van der Waals surface area contributed by atoms with E-state index >= 15 is 0 Å². The lowest BCUT2D eigenvalue weighted by atomic mass is 10.2. The highest BCUT2D eigenvalue weighted by atomic mass is 19.3. The van der Waals surface area contributed by atoms with Gasteiger partial charge in [-0.25, -0.2) is 15.8 Å². The first kappa shape index (κ1) is 13.9. The number of nitrogens with two attached hydrogens (primary N) is 1. The Labute approximate surface area is 114 Å². The van der Waals surface area contributed by atoms with Gasteiger partial charge < -0.3 is 15.5 Å². The second-order valence-electron chi connectivity index (χ2n) is 3.87. The molecule has 8 heteroatoms. The van der Waals surface area contributed by atoms with Crippen molar-refractivity contribution in [1.82, 2.24) is 9.97 Å². The molecule has 4 N–H and O–H groups in total. The summed E-state index contributed by atoms with van der Waals surface area (Å²) in [6.45, 7) is -1.04. The van der Waals surface area contributed by atoms with Gasteiger partial charge in [0.05, 0.1) is 0 Å². The Balaban J connectivity index is 2.14. The number of aromatic nitrogens is 2. The smallest absolute Gasteiger partial charge is 0.387 e. The normalized spacial score (nSPS) is 10.4. The minimum absolute atomic E-state index is 0.0919. The van der Waals surface area contributed by atoms with Crippen molar-refractivity contribution in [2.24, 2.45) is 5.84 Å². The summed E-state index contributed by atoms with van der Waals surface area (Å²) in [5.41, 5.74) is 3.87. The predicted molar refractivity (Wildman–Crippen MR) is 70.9 cm³/mol. The van der Waals surface area contributed by atoms with Crippen molar-refractivity contribution in [1.29, 1.82) is 0 Å². The summed E-state index contributed by atoms with van der Waals surface area (Å²) >= 11 is 0. The fourth-order valence-corrected chi connectivity index (χ4v) is 1.58. The summed E-state index contributed by atoms with van der Waals surface area (Å²) in [4.78, 5) is 8.04. The first-order valence-corrected chi connectivity index (χ1v) is 5.70. The highest BCUT2D eigenvalue weighted by Gasteiger charge is 2.07. The molecule has 0 amide bonds. The molecule has 0 fully saturated rings. The number of alkyl halides is 2. The van der Waals surface area contributed by atoms with E-state index in [0.717, 1.165) is 5.56 Å². The summed E-state index contributed by atoms with van der Waals surface area (Å²) in [6, 6.07) is 6.09. The molecule has 106 valence electrons. The topological polar surface area (TPSA) is 85.1 Å². The Morgan fingerprint density at radius 1 is 1.15 bits per heavy atom. The van der Waals surface area contributed by atoms with Crippen molar-refractivity contribution in [3.05, 3.63) is 36.2 Å². The van der Waals surface area contributed by atoms with Crippen LogP contribution in [-0.2, 0) is 0 Å². The Bertz CT molecular complexity index is 577. The quantitative estimate of drug-likeness (QED) is 0.576. The number of nitrogen functional groups attached to an aromatic ring is 1. The van der Waals surface area contributed by atoms with Crippen LogP contribution < -0.4 is 21.3 Å².